The summed E-state index contributed by atoms with van der Waals surface area (Å²) in [7, 11) is 4.00. The van der Waals surface area contributed by atoms with Gasteiger partial charge in [-0.3, -0.25) is 4.79 Å². The average molecular weight is 296 g/mol. The number of carbonyl (C=O) groups is 1. The Morgan fingerprint density at radius 2 is 2.14 bits per heavy atom. The van der Waals surface area contributed by atoms with Crippen LogP contribution < -0.4 is 4.74 Å². The molecule has 1 aliphatic heterocycles. The molecule has 0 bridgehead atoms. The van der Waals surface area contributed by atoms with Crippen LogP contribution in [0.4, 0.5) is 0 Å². The highest BCUT2D eigenvalue weighted by Crippen LogP contribution is 2.26. The number of aliphatic hydroxyl groups excluding tert-OH is 1. The average Bonchev–Trinajstić information content (AvgIpc) is 3.04. The number of aliphatic hydroxyl groups is 1. The number of amides is 1. The second kappa shape index (κ2) is 6.95. The molecule has 6 nitrogen and oxygen atoms in total. The molecule has 1 amide bonds. The topological polar surface area (TPSA) is 66.2 Å². The molecule has 1 aromatic rings. The Bertz CT molecular complexity index is 472. The molecule has 118 valence electrons. The maximum Gasteiger partial charge on any atom is 0.289 e. The molecule has 2 heterocycles. The predicted octanol–water partition coefficient (Wildman–Crippen LogP) is 0.920. The highest BCUT2D eigenvalue weighted by molar-refractivity contribution is 5.91. The monoisotopic (exact) mass is 296 g/mol. The first-order valence-electron chi connectivity index (χ1n) is 7.32. The molecule has 0 saturated carbocycles. The third kappa shape index (κ3) is 3.77. The fourth-order valence-corrected chi connectivity index (χ4v) is 2.80. The molecule has 1 aromatic heterocycles. The van der Waals surface area contributed by atoms with Crippen molar-refractivity contribution in [3.63, 3.8) is 0 Å². The smallest absolute Gasteiger partial charge is 0.289 e. The maximum absolute atomic E-state index is 12.4. The standard InChI is InChI=1S/C15H24N2O4/c1-4-20-14-6-5-13(21-14)15(19)17-8-11(7-16(2)3)12(9-17)10-18/h5-6,11-12,18H,4,7-10H2,1-3H3/t11-,12-/m1/s1. The number of hydrogen-bond donors (Lipinski definition) is 1. The summed E-state index contributed by atoms with van der Waals surface area (Å²) in [4.78, 5) is 16.3. The first kappa shape index (κ1) is 15.9. The fraction of sp³-hybridized carbons (Fsp3) is 0.667. The van der Waals surface area contributed by atoms with Crippen molar-refractivity contribution in [2.45, 2.75) is 6.92 Å². The van der Waals surface area contributed by atoms with Gasteiger partial charge in [-0.15, -0.1) is 0 Å². The summed E-state index contributed by atoms with van der Waals surface area (Å²) in [5.41, 5.74) is 0. The quantitative estimate of drug-likeness (QED) is 0.845. The van der Waals surface area contributed by atoms with E-state index >= 15 is 0 Å². The van der Waals surface area contributed by atoms with E-state index in [1.54, 1.807) is 17.0 Å². The van der Waals surface area contributed by atoms with Crippen molar-refractivity contribution in [3.05, 3.63) is 17.9 Å². The van der Waals surface area contributed by atoms with Crippen LogP contribution in [0.15, 0.2) is 16.5 Å². The van der Waals surface area contributed by atoms with Gasteiger partial charge in [0.2, 0.25) is 0 Å². The molecule has 6 heteroatoms. The van der Waals surface area contributed by atoms with Crippen molar-refractivity contribution in [2.75, 3.05) is 46.9 Å². The predicted molar refractivity (Wildman–Crippen MR) is 78.4 cm³/mol. The van der Waals surface area contributed by atoms with Crippen molar-refractivity contribution in [3.8, 4) is 5.95 Å². The molecule has 2 atom stereocenters. The molecule has 1 N–H and O–H groups in total. The molecule has 0 radical (unpaired) electrons. The highest BCUT2D eigenvalue weighted by atomic mass is 16.6. The van der Waals surface area contributed by atoms with Gasteiger partial charge in [-0.2, -0.15) is 0 Å². The van der Waals surface area contributed by atoms with Crippen molar-refractivity contribution in [1.29, 1.82) is 0 Å². The number of rotatable bonds is 6. The van der Waals surface area contributed by atoms with Gasteiger partial charge in [0.25, 0.3) is 11.9 Å². The first-order valence-corrected chi connectivity index (χ1v) is 7.32. The second-order valence-corrected chi connectivity index (χ2v) is 5.73. The van der Waals surface area contributed by atoms with E-state index in [-0.39, 0.29) is 24.3 Å². The van der Waals surface area contributed by atoms with Gasteiger partial charge < -0.3 is 24.1 Å². The Kier molecular flexibility index (Phi) is 5.25. The van der Waals surface area contributed by atoms with E-state index in [0.29, 0.717) is 31.4 Å². The van der Waals surface area contributed by atoms with Crippen LogP contribution in [-0.2, 0) is 0 Å². The van der Waals surface area contributed by atoms with Crippen LogP contribution in [0.2, 0.25) is 0 Å². The lowest BCUT2D eigenvalue weighted by atomic mass is 9.97. The van der Waals surface area contributed by atoms with Crippen molar-refractivity contribution >= 4 is 5.91 Å². The summed E-state index contributed by atoms with van der Waals surface area (Å²) in [5.74, 6) is 0.929. The second-order valence-electron chi connectivity index (χ2n) is 5.73. The maximum atomic E-state index is 12.4. The van der Waals surface area contributed by atoms with Gasteiger partial charge in [-0.05, 0) is 33.0 Å². The minimum Gasteiger partial charge on any atom is -0.465 e. The molecule has 0 aromatic carbocycles. The molecule has 0 aliphatic carbocycles. The SMILES string of the molecule is CCOc1ccc(C(=O)N2C[C@@H](CN(C)C)[C@@H](CO)C2)o1. The number of likely N-dealkylation sites (tertiary alicyclic amines) is 1. The van der Waals surface area contributed by atoms with Gasteiger partial charge in [-0.1, -0.05) is 0 Å². The summed E-state index contributed by atoms with van der Waals surface area (Å²) in [5, 5.41) is 9.49. The van der Waals surface area contributed by atoms with E-state index in [1.165, 1.54) is 0 Å². The Balaban J connectivity index is 2.02. The van der Waals surface area contributed by atoms with Gasteiger partial charge in [0, 0.05) is 38.2 Å². The van der Waals surface area contributed by atoms with Crippen molar-refractivity contribution < 1.29 is 19.1 Å². The first-order chi connectivity index (χ1) is 10.0. The molecular weight excluding hydrogens is 272 g/mol. The summed E-state index contributed by atoms with van der Waals surface area (Å²) in [6, 6.07) is 3.30. The van der Waals surface area contributed by atoms with Gasteiger partial charge in [0.05, 0.1) is 6.61 Å². The Hall–Kier alpha value is -1.53. The van der Waals surface area contributed by atoms with E-state index in [2.05, 4.69) is 4.90 Å². The zero-order chi connectivity index (χ0) is 15.4. The van der Waals surface area contributed by atoms with Crippen LogP contribution in [0.3, 0.4) is 0 Å². The summed E-state index contributed by atoms with van der Waals surface area (Å²) in [6.45, 7) is 4.54. The number of ether oxygens (including phenoxy) is 1. The number of carbonyl (C=O) groups excluding carboxylic acids is 1. The lowest BCUT2D eigenvalue weighted by molar-refractivity contribution is 0.0739. The van der Waals surface area contributed by atoms with Gasteiger partial charge in [0.15, 0.2) is 5.76 Å². The molecule has 0 unspecified atom stereocenters. The van der Waals surface area contributed by atoms with Crippen LogP contribution in [0.25, 0.3) is 0 Å². The van der Waals surface area contributed by atoms with E-state index in [4.69, 9.17) is 9.15 Å². The van der Waals surface area contributed by atoms with Crippen LogP contribution in [-0.4, -0.2) is 67.8 Å². The molecule has 1 saturated heterocycles. The lowest BCUT2D eigenvalue weighted by Crippen LogP contribution is -2.30. The van der Waals surface area contributed by atoms with E-state index in [9.17, 15) is 9.90 Å². The third-order valence-corrected chi connectivity index (χ3v) is 3.78. The number of nitrogens with zero attached hydrogens (tertiary/aromatic N) is 2. The Morgan fingerprint density at radius 1 is 1.43 bits per heavy atom. The van der Waals surface area contributed by atoms with Crippen LogP contribution in [0, 0.1) is 11.8 Å². The third-order valence-electron chi connectivity index (χ3n) is 3.78. The zero-order valence-corrected chi connectivity index (χ0v) is 12.9. The van der Waals surface area contributed by atoms with Gasteiger partial charge in [0.1, 0.15) is 0 Å². The van der Waals surface area contributed by atoms with E-state index < -0.39 is 0 Å². The fourth-order valence-electron chi connectivity index (χ4n) is 2.80. The Morgan fingerprint density at radius 3 is 2.76 bits per heavy atom. The summed E-state index contributed by atoms with van der Waals surface area (Å²) in [6.07, 6.45) is 0. The largest absolute Gasteiger partial charge is 0.465 e. The minimum atomic E-state index is -0.138. The highest BCUT2D eigenvalue weighted by Gasteiger charge is 2.36. The van der Waals surface area contributed by atoms with Gasteiger partial charge >= 0.3 is 0 Å². The Labute approximate surface area is 125 Å². The molecule has 2 rings (SSSR count). The molecule has 21 heavy (non-hydrogen) atoms. The summed E-state index contributed by atoms with van der Waals surface area (Å²) >= 11 is 0. The van der Waals surface area contributed by atoms with Crippen molar-refractivity contribution in [1.82, 2.24) is 9.80 Å². The van der Waals surface area contributed by atoms with Crippen LogP contribution in [0.5, 0.6) is 5.95 Å². The van der Waals surface area contributed by atoms with Crippen LogP contribution in [0.1, 0.15) is 17.5 Å². The number of furan rings is 1. The number of hydrogen-bond acceptors (Lipinski definition) is 5. The molecule has 1 fully saturated rings. The van der Waals surface area contributed by atoms with Crippen LogP contribution >= 0.6 is 0 Å². The van der Waals surface area contributed by atoms with E-state index in [1.807, 2.05) is 21.0 Å². The normalized spacial score (nSPS) is 22.0. The molecular formula is C15H24N2O4. The van der Waals surface area contributed by atoms with Gasteiger partial charge in [-0.25, -0.2) is 0 Å². The molecule has 1 aliphatic rings. The minimum absolute atomic E-state index is 0.102. The van der Waals surface area contributed by atoms with E-state index in [0.717, 1.165) is 6.54 Å². The lowest BCUT2D eigenvalue weighted by Gasteiger charge is -2.20. The van der Waals surface area contributed by atoms with Crippen molar-refractivity contribution in [2.24, 2.45) is 11.8 Å². The zero-order valence-electron chi connectivity index (χ0n) is 12.9. The molecule has 0 spiro atoms. The summed E-state index contributed by atoms with van der Waals surface area (Å²) < 4.78 is 10.6.